The number of nitrogens with one attached hydrogen (secondary N) is 1. The third-order valence-electron chi connectivity index (χ3n) is 4.35. The smallest absolute Gasteiger partial charge is 0.252 e. The second-order valence-corrected chi connectivity index (χ2v) is 6.11. The number of carbonyl (C=O) groups is 1. The van der Waals surface area contributed by atoms with Gasteiger partial charge in [-0.25, -0.2) is 4.39 Å². The molecule has 2 atom stereocenters. The number of fused-ring (bicyclic) bond motifs is 3. The molecule has 2 aliphatic heterocycles. The van der Waals surface area contributed by atoms with E-state index >= 15 is 0 Å². The van der Waals surface area contributed by atoms with E-state index in [4.69, 9.17) is 22.1 Å². The molecule has 0 unspecified atom stereocenters. The predicted molar refractivity (Wildman–Crippen MR) is 88.9 cm³/mol. The number of primary amides is 1. The maximum atomic E-state index is 13.4. The van der Waals surface area contributed by atoms with Crippen molar-refractivity contribution < 1.29 is 13.9 Å². The summed E-state index contributed by atoms with van der Waals surface area (Å²) < 4.78 is 20.7. The third kappa shape index (κ3) is 2.57. The summed E-state index contributed by atoms with van der Waals surface area (Å²) in [5.41, 5.74) is 7.61. The molecule has 3 heterocycles. The lowest BCUT2D eigenvalue weighted by molar-refractivity contribution is 0.0999. The van der Waals surface area contributed by atoms with Crippen molar-refractivity contribution in [1.29, 1.82) is 0 Å². The molecular formula is C15H15Cl2FN4O2. The summed E-state index contributed by atoms with van der Waals surface area (Å²) in [5.74, 6) is -1.09. The van der Waals surface area contributed by atoms with Crippen molar-refractivity contribution in [3.05, 3.63) is 40.3 Å². The van der Waals surface area contributed by atoms with Crippen LogP contribution >= 0.6 is 24.0 Å². The van der Waals surface area contributed by atoms with Crippen LogP contribution in [0.1, 0.15) is 22.1 Å². The van der Waals surface area contributed by atoms with Gasteiger partial charge in [0.1, 0.15) is 11.5 Å². The summed E-state index contributed by atoms with van der Waals surface area (Å²) in [6, 6.07) is 4.42. The minimum Gasteiger partial charge on any atom is -0.377 e. The van der Waals surface area contributed by atoms with Crippen LogP contribution < -0.4 is 11.1 Å². The highest BCUT2D eigenvalue weighted by molar-refractivity contribution is 6.31. The number of nitrogens with zero attached hydrogens (tertiary/aromatic N) is 2. The Hall–Kier alpha value is -1.67. The number of rotatable bonds is 2. The predicted octanol–water partition coefficient (Wildman–Crippen LogP) is 1.91. The van der Waals surface area contributed by atoms with Crippen molar-refractivity contribution >= 4 is 29.9 Å². The largest absolute Gasteiger partial charge is 0.377 e. The van der Waals surface area contributed by atoms with Gasteiger partial charge in [-0.2, -0.15) is 5.10 Å². The third-order valence-corrected chi connectivity index (χ3v) is 4.64. The summed E-state index contributed by atoms with van der Waals surface area (Å²) in [6.07, 6.45) is 0. The molecule has 24 heavy (non-hydrogen) atoms. The number of benzene rings is 1. The van der Waals surface area contributed by atoms with E-state index in [1.807, 2.05) is 0 Å². The normalized spacial score (nSPS) is 21.8. The van der Waals surface area contributed by atoms with Crippen LogP contribution in [0.25, 0.3) is 11.3 Å². The van der Waals surface area contributed by atoms with Crippen LogP contribution in [0.2, 0.25) is 5.02 Å². The minimum atomic E-state index is -0.569. The molecule has 6 nitrogen and oxygen atoms in total. The average Bonchev–Trinajstić information content (AvgIpc) is 3.12. The molecule has 1 aromatic heterocycles. The van der Waals surface area contributed by atoms with Crippen LogP contribution in [-0.4, -0.2) is 34.9 Å². The van der Waals surface area contributed by atoms with Gasteiger partial charge in [-0.1, -0.05) is 11.6 Å². The topological polar surface area (TPSA) is 82.2 Å². The maximum Gasteiger partial charge on any atom is 0.252 e. The molecule has 0 saturated carbocycles. The Morgan fingerprint density at radius 2 is 2.25 bits per heavy atom. The molecule has 0 bridgehead atoms. The summed E-state index contributed by atoms with van der Waals surface area (Å²) in [4.78, 5) is 12.0. The Morgan fingerprint density at radius 3 is 2.96 bits per heavy atom. The second-order valence-electron chi connectivity index (χ2n) is 5.70. The molecule has 2 aliphatic rings. The number of ether oxygens (including phenoxy) is 1. The summed E-state index contributed by atoms with van der Waals surface area (Å²) in [5, 5.41) is 7.88. The first-order chi connectivity index (χ1) is 11.1. The number of amides is 1. The first kappa shape index (κ1) is 17.2. The zero-order valence-electron chi connectivity index (χ0n) is 12.5. The number of halogens is 3. The Morgan fingerprint density at radius 1 is 1.46 bits per heavy atom. The van der Waals surface area contributed by atoms with Crippen LogP contribution in [0.5, 0.6) is 0 Å². The van der Waals surface area contributed by atoms with E-state index in [0.29, 0.717) is 36.6 Å². The number of aromatic nitrogens is 2. The fourth-order valence-corrected chi connectivity index (χ4v) is 3.40. The quantitative estimate of drug-likeness (QED) is 0.843. The molecule has 0 spiro atoms. The fraction of sp³-hybridized carbons (Fsp3) is 0.333. The first-order valence-electron chi connectivity index (χ1n) is 7.24. The number of hydrogen-bond acceptors (Lipinski definition) is 4. The Balaban J connectivity index is 0.00000169. The number of nitrogens with two attached hydrogens (primary N) is 1. The van der Waals surface area contributed by atoms with Gasteiger partial charge in [0.05, 0.1) is 41.6 Å². The molecule has 1 aromatic carbocycles. The minimum absolute atomic E-state index is 0. The lowest BCUT2D eigenvalue weighted by Crippen LogP contribution is -2.43. The van der Waals surface area contributed by atoms with Crippen LogP contribution in [0.3, 0.4) is 0 Å². The van der Waals surface area contributed by atoms with Gasteiger partial charge in [0.25, 0.3) is 5.91 Å². The van der Waals surface area contributed by atoms with E-state index in [2.05, 4.69) is 10.4 Å². The number of carbonyl (C=O) groups excluding carboxylic acids is 1. The molecule has 128 valence electrons. The van der Waals surface area contributed by atoms with E-state index in [0.717, 1.165) is 5.69 Å². The van der Waals surface area contributed by atoms with Gasteiger partial charge in [-0.15, -0.1) is 12.4 Å². The van der Waals surface area contributed by atoms with Gasteiger partial charge in [-0.3, -0.25) is 9.48 Å². The van der Waals surface area contributed by atoms with Crippen LogP contribution in [0, 0.1) is 5.82 Å². The van der Waals surface area contributed by atoms with Crippen LogP contribution in [0.15, 0.2) is 18.2 Å². The Labute approximate surface area is 148 Å². The van der Waals surface area contributed by atoms with Crippen molar-refractivity contribution in [3.63, 3.8) is 0 Å². The molecule has 0 aliphatic carbocycles. The van der Waals surface area contributed by atoms with Gasteiger partial charge in [0.2, 0.25) is 0 Å². The van der Waals surface area contributed by atoms with Gasteiger partial charge < -0.3 is 15.8 Å². The summed E-state index contributed by atoms with van der Waals surface area (Å²) >= 11 is 5.85. The molecule has 1 saturated heterocycles. The summed E-state index contributed by atoms with van der Waals surface area (Å²) in [6.45, 7) is 1.60. The fourth-order valence-electron chi connectivity index (χ4n) is 3.22. The highest BCUT2D eigenvalue weighted by atomic mass is 35.5. The van der Waals surface area contributed by atoms with E-state index in [9.17, 15) is 9.18 Å². The van der Waals surface area contributed by atoms with E-state index in [-0.39, 0.29) is 29.5 Å². The van der Waals surface area contributed by atoms with Gasteiger partial charge in [-0.05, 0) is 18.2 Å². The van der Waals surface area contributed by atoms with E-state index in [1.54, 1.807) is 4.68 Å². The van der Waals surface area contributed by atoms with Crippen molar-refractivity contribution in [1.82, 2.24) is 15.1 Å². The van der Waals surface area contributed by atoms with Crippen molar-refractivity contribution in [2.75, 3.05) is 13.2 Å². The molecule has 4 rings (SSSR count). The molecule has 1 fully saturated rings. The van der Waals surface area contributed by atoms with Gasteiger partial charge in [0.15, 0.2) is 0 Å². The molecule has 1 amide bonds. The van der Waals surface area contributed by atoms with Crippen molar-refractivity contribution in [2.24, 2.45) is 5.73 Å². The molecule has 0 radical (unpaired) electrons. The molecule has 3 N–H and O–H groups in total. The summed E-state index contributed by atoms with van der Waals surface area (Å²) in [7, 11) is 0. The lowest BCUT2D eigenvalue weighted by atomic mass is 10.0. The standard InChI is InChI=1S/C15H14ClFN4O2.ClH/c16-8-3-7(1-2-9(8)17)14-13(15(18)22)11-4-19-10-5-23-6-12(10)21(11)20-14;/h1-3,10,12,19H,4-6H2,(H2,18,22);1H/t10-,12+;/m1./s1. The van der Waals surface area contributed by atoms with Gasteiger partial charge >= 0.3 is 0 Å². The molecular weight excluding hydrogens is 358 g/mol. The Kier molecular flexibility index (Phi) is 4.52. The monoisotopic (exact) mass is 372 g/mol. The SMILES string of the molecule is Cl.NC(=O)c1c(-c2ccc(F)c(Cl)c2)nn2c1CN[C@@H]1COC[C@@H]12. The lowest BCUT2D eigenvalue weighted by Gasteiger charge is -2.27. The second kappa shape index (κ2) is 6.33. The van der Waals surface area contributed by atoms with E-state index < -0.39 is 11.7 Å². The first-order valence-corrected chi connectivity index (χ1v) is 7.62. The average molecular weight is 373 g/mol. The molecule has 9 heteroatoms. The maximum absolute atomic E-state index is 13.4. The van der Waals surface area contributed by atoms with Crippen LogP contribution in [0.4, 0.5) is 4.39 Å². The molecule has 2 aromatic rings. The van der Waals surface area contributed by atoms with E-state index in [1.165, 1.54) is 18.2 Å². The van der Waals surface area contributed by atoms with Crippen molar-refractivity contribution in [3.8, 4) is 11.3 Å². The highest BCUT2D eigenvalue weighted by Gasteiger charge is 2.38. The Bertz CT molecular complexity index is 811. The van der Waals surface area contributed by atoms with Crippen molar-refractivity contribution in [2.45, 2.75) is 18.6 Å². The highest BCUT2D eigenvalue weighted by Crippen LogP contribution is 2.34. The van der Waals surface area contributed by atoms with Gasteiger partial charge in [0, 0.05) is 12.1 Å². The zero-order valence-corrected chi connectivity index (χ0v) is 14.0. The number of hydrogen-bond donors (Lipinski definition) is 2. The van der Waals surface area contributed by atoms with Crippen LogP contribution in [-0.2, 0) is 11.3 Å². The zero-order chi connectivity index (χ0) is 16.1.